The molecule has 8 nitrogen and oxygen atoms in total. The number of piperazine rings is 1. The fourth-order valence-corrected chi connectivity index (χ4v) is 5.18. The van der Waals surface area contributed by atoms with Gasteiger partial charge in [-0.25, -0.2) is 4.39 Å². The van der Waals surface area contributed by atoms with Crippen LogP contribution in [0.2, 0.25) is 0 Å². The predicted octanol–water partition coefficient (Wildman–Crippen LogP) is 3.63. The summed E-state index contributed by atoms with van der Waals surface area (Å²) in [6.45, 7) is 4.24. The highest BCUT2D eigenvalue weighted by molar-refractivity contribution is 7.18. The number of aromatic nitrogens is 2. The van der Waals surface area contributed by atoms with Crippen LogP contribution in [0.1, 0.15) is 20.8 Å². The van der Waals surface area contributed by atoms with E-state index in [1.807, 2.05) is 30.3 Å². The molecule has 0 saturated carbocycles. The van der Waals surface area contributed by atoms with E-state index < -0.39 is 0 Å². The van der Waals surface area contributed by atoms with E-state index in [1.165, 1.54) is 23.5 Å². The lowest BCUT2D eigenvalue weighted by Crippen LogP contribution is -2.44. The van der Waals surface area contributed by atoms with Gasteiger partial charge in [0.15, 0.2) is 0 Å². The topological polar surface area (TPSA) is 93.4 Å². The van der Waals surface area contributed by atoms with Gasteiger partial charge in [-0.05, 0) is 55.1 Å². The van der Waals surface area contributed by atoms with Gasteiger partial charge < -0.3 is 20.4 Å². The number of rotatable bonds is 7. The second-order valence-corrected chi connectivity index (χ2v) is 10.0. The molecule has 2 aromatic carbocycles. The molecule has 4 aromatic rings. The smallest absolute Gasteiger partial charge is 0.256 e. The number of fused-ring (bicyclic) bond motifs is 1. The number of carbonyl (C=O) groups is 2. The molecule has 36 heavy (non-hydrogen) atoms. The summed E-state index contributed by atoms with van der Waals surface area (Å²) in [5, 5.41) is 13.6. The number of aromatic amines is 1. The van der Waals surface area contributed by atoms with Crippen molar-refractivity contribution in [1.82, 2.24) is 20.4 Å². The van der Waals surface area contributed by atoms with Gasteiger partial charge in [0.25, 0.3) is 5.91 Å². The maximum absolute atomic E-state index is 13.3. The molecular weight excluding hydrogens is 479 g/mol. The van der Waals surface area contributed by atoms with Gasteiger partial charge in [-0.2, -0.15) is 5.10 Å². The average molecular weight is 507 g/mol. The first-order valence-electron chi connectivity index (χ1n) is 11.8. The van der Waals surface area contributed by atoms with E-state index in [4.69, 9.17) is 0 Å². The van der Waals surface area contributed by atoms with Crippen molar-refractivity contribution in [3.8, 4) is 0 Å². The third-order valence-electron chi connectivity index (χ3n) is 6.25. The minimum atomic E-state index is -0.332. The van der Waals surface area contributed by atoms with Crippen LogP contribution in [-0.2, 0) is 17.8 Å². The van der Waals surface area contributed by atoms with Crippen molar-refractivity contribution >= 4 is 44.9 Å². The maximum Gasteiger partial charge on any atom is 0.256 e. The minimum absolute atomic E-state index is 0.168. The zero-order valence-corrected chi connectivity index (χ0v) is 20.7. The first-order valence-corrected chi connectivity index (χ1v) is 12.6. The van der Waals surface area contributed by atoms with Gasteiger partial charge in [-0.3, -0.25) is 14.7 Å². The summed E-state index contributed by atoms with van der Waals surface area (Å²) in [6.07, 6.45) is 0.178. The van der Waals surface area contributed by atoms with Crippen molar-refractivity contribution in [3.63, 3.8) is 0 Å². The highest BCUT2D eigenvalue weighted by atomic mass is 32.1. The predicted molar refractivity (Wildman–Crippen MR) is 140 cm³/mol. The summed E-state index contributed by atoms with van der Waals surface area (Å²) >= 11 is 1.39. The molecule has 1 saturated heterocycles. The molecule has 1 fully saturated rings. The van der Waals surface area contributed by atoms with Gasteiger partial charge in [0, 0.05) is 48.9 Å². The van der Waals surface area contributed by atoms with Crippen molar-refractivity contribution in [2.24, 2.45) is 0 Å². The molecular formula is C26H27FN6O2S. The van der Waals surface area contributed by atoms with E-state index in [0.29, 0.717) is 21.8 Å². The van der Waals surface area contributed by atoms with Crippen LogP contribution in [0.15, 0.2) is 54.6 Å². The van der Waals surface area contributed by atoms with Crippen LogP contribution in [0.25, 0.3) is 10.2 Å². The number of amides is 2. The molecule has 10 heteroatoms. The number of hydrogen-bond acceptors (Lipinski definition) is 6. The minimum Gasteiger partial charge on any atom is -0.369 e. The Morgan fingerprint density at radius 1 is 1.08 bits per heavy atom. The largest absolute Gasteiger partial charge is 0.369 e. The molecule has 1 aliphatic rings. The SMILES string of the molecule is CN1CCN(c2ccc(C(=O)Nc3[nH]nc4sc(CC(=O)NCc5cccc(F)c5)cc34)cc2)CC1. The second kappa shape index (κ2) is 10.5. The molecule has 0 radical (unpaired) electrons. The van der Waals surface area contributed by atoms with E-state index in [2.05, 4.69) is 37.7 Å². The summed E-state index contributed by atoms with van der Waals surface area (Å²) in [4.78, 5) is 31.4. The Morgan fingerprint density at radius 3 is 2.61 bits per heavy atom. The molecule has 3 N–H and O–H groups in total. The van der Waals surface area contributed by atoms with E-state index in [-0.39, 0.29) is 30.6 Å². The highest BCUT2D eigenvalue weighted by Gasteiger charge is 2.17. The lowest BCUT2D eigenvalue weighted by atomic mass is 10.1. The Bertz CT molecular complexity index is 1370. The number of benzene rings is 2. The number of H-pyrrole nitrogens is 1. The summed E-state index contributed by atoms with van der Waals surface area (Å²) in [5.41, 5.74) is 2.37. The number of likely N-dealkylation sites (N-methyl/N-ethyl adjacent to an activating group) is 1. The summed E-state index contributed by atoms with van der Waals surface area (Å²) in [7, 11) is 2.12. The summed E-state index contributed by atoms with van der Waals surface area (Å²) in [5.74, 6) is -0.230. The first-order chi connectivity index (χ1) is 17.4. The van der Waals surface area contributed by atoms with Gasteiger partial charge >= 0.3 is 0 Å². The maximum atomic E-state index is 13.3. The Balaban J connectivity index is 1.19. The number of anilines is 2. The number of nitrogens with one attached hydrogen (secondary N) is 3. The van der Waals surface area contributed by atoms with Crippen LogP contribution in [0, 0.1) is 5.82 Å². The number of halogens is 1. The highest BCUT2D eigenvalue weighted by Crippen LogP contribution is 2.30. The van der Waals surface area contributed by atoms with Crippen molar-refractivity contribution in [2.75, 3.05) is 43.4 Å². The van der Waals surface area contributed by atoms with Crippen LogP contribution in [0.4, 0.5) is 15.9 Å². The van der Waals surface area contributed by atoms with E-state index in [0.717, 1.165) is 42.1 Å². The van der Waals surface area contributed by atoms with E-state index >= 15 is 0 Å². The third-order valence-corrected chi connectivity index (χ3v) is 7.28. The molecule has 0 aliphatic carbocycles. The number of nitrogens with zero attached hydrogens (tertiary/aromatic N) is 3. The van der Waals surface area contributed by atoms with Crippen molar-refractivity contribution in [1.29, 1.82) is 0 Å². The zero-order chi connectivity index (χ0) is 25.1. The standard InChI is InChI=1S/C26H27FN6O2S/c1-32-9-11-33(12-10-32)20-7-5-18(6-8-20)25(35)29-24-22-14-21(36-26(22)31-30-24)15-23(34)28-16-17-3-2-4-19(27)13-17/h2-8,13-14H,9-12,15-16H2,1H3,(H,28,34)(H2,29,30,31,35). The molecule has 0 unspecified atom stereocenters. The number of carbonyl (C=O) groups excluding carboxylic acids is 2. The van der Waals surface area contributed by atoms with Crippen LogP contribution in [0.3, 0.4) is 0 Å². The second-order valence-electron chi connectivity index (χ2n) is 8.90. The number of hydrogen-bond donors (Lipinski definition) is 3. The Morgan fingerprint density at radius 2 is 1.86 bits per heavy atom. The Kier molecular flexibility index (Phi) is 6.97. The average Bonchev–Trinajstić information content (AvgIpc) is 3.44. The van der Waals surface area contributed by atoms with E-state index in [9.17, 15) is 14.0 Å². The van der Waals surface area contributed by atoms with Gasteiger partial charge in [0.1, 0.15) is 16.5 Å². The van der Waals surface area contributed by atoms with Crippen LogP contribution in [0.5, 0.6) is 0 Å². The van der Waals surface area contributed by atoms with Crippen LogP contribution >= 0.6 is 11.3 Å². The van der Waals surface area contributed by atoms with Crippen LogP contribution in [-0.4, -0.2) is 60.1 Å². The molecule has 5 rings (SSSR count). The molecule has 0 spiro atoms. The molecule has 186 valence electrons. The Hall–Kier alpha value is -3.76. The molecule has 3 heterocycles. The van der Waals surface area contributed by atoms with Gasteiger partial charge in [0.2, 0.25) is 5.91 Å². The summed E-state index contributed by atoms with van der Waals surface area (Å²) in [6, 6.07) is 15.6. The first kappa shape index (κ1) is 24.0. The zero-order valence-electron chi connectivity index (χ0n) is 19.9. The molecule has 2 amide bonds. The monoisotopic (exact) mass is 506 g/mol. The van der Waals surface area contributed by atoms with Crippen molar-refractivity contribution in [3.05, 3.63) is 76.4 Å². The number of thiophene rings is 1. The van der Waals surface area contributed by atoms with Crippen LogP contribution < -0.4 is 15.5 Å². The van der Waals surface area contributed by atoms with Crippen molar-refractivity contribution < 1.29 is 14.0 Å². The third kappa shape index (κ3) is 5.55. The van der Waals surface area contributed by atoms with Gasteiger partial charge in [-0.1, -0.05) is 12.1 Å². The van der Waals surface area contributed by atoms with Gasteiger partial charge in [-0.15, -0.1) is 11.3 Å². The van der Waals surface area contributed by atoms with Crippen molar-refractivity contribution in [2.45, 2.75) is 13.0 Å². The van der Waals surface area contributed by atoms with Gasteiger partial charge in [0.05, 0.1) is 11.8 Å². The Labute approximate surface area is 212 Å². The lowest BCUT2D eigenvalue weighted by Gasteiger charge is -2.34. The molecule has 0 atom stereocenters. The fraction of sp³-hybridized carbons (Fsp3) is 0.269. The molecule has 2 aromatic heterocycles. The van der Waals surface area contributed by atoms with E-state index in [1.54, 1.807) is 12.1 Å². The lowest BCUT2D eigenvalue weighted by molar-refractivity contribution is -0.120. The summed E-state index contributed by atoms with van der Waals surface area (Å²) < 4.78 is 13.3. The normalized spacial score (nSPS) is 14.2. The quantitative estimate of drug-likeness (QED) is 0.356. The molecule has 0 bridgehead atoms. The molecule has 1 aliphatic heterocycles. The fourth-order valence-electron chi connectivity index (χ4n) is 4.19.